The third kappa shape index (κ3) is 4.02. The van der Waals surface area contributed by atoms with Crippen molar-refractivity contribution >= 4 is 5.69 Å². The number of nitro groups is 1. The van der Waals surface area contributed by atoms with Gasteiger partial charge in [0.2, 0.25) is 0 Å². The van der Waals surface area contributed by atoms with Crippen LogP contribution in [0.3, 0.4) is 0 Å². The van der Waals surface area contributed by atoms with Gasteiger partial charge in [0.25, 0.3) is 5.69 Å². The molecule has 0 bridgehead atoms. The number of hydrogen-bond donors (Lipinski definition) is 2. The summed E-state index contributed by atoms with van der Waals surface area (Å²) >= 11 is 0. The molecular formula is C16H24N2O3. The van der Waals surface area contributed by atoms with Gasteiger partial charge in [-0.15, -0.1) is 0 Å². The van der Waals surface area contributed by atoms with Crippen molar-refractivity contribution in [2.45, 2.75) is 51.7 Å². The zero-order chi connectivity index (χ0) is 15.5. The van der Waals surface area contributed by atoms with Crippen LogP contribution < -0.4 is 5.32 Å². The normalized spacial score (nSPS) is 25.8. The van der Waals surface area contributed by atoms with Crippen molar-refractivity contribution in [1.82, 2.24) is 5.32 Å². The number of nitro benzene ring substituents is 1. The van der Waals surface area contributed by atoms with Crippen molar-refractivity contribution < 1.29 is 10.0 Å². The van der Waals surface area contributed by atoms with Crippen LogP contribution in [0.1, 0.15) is 43.7 Å². The maximum atomic E-state index is 10.9. The maximum absolute atomic E-state index is 10.9. The summed E-state index contributed by atoms with van der Waals surface area (Å²) < 4.78 is 0. The van der Waals surface area contributed by atoms with E-state index in [-0.39, 0.29) is 10.6 Å². The van der Waals surface area contributed by atoms with Gasteiger partial charge >= 0.3 is 0 Å². The van der Waals surface area contributed by atoms with E-state index in [1.54, 1.807) is 13.0 Å². The second-order valence-electron chi connectivity index (χ2n) is 6.33. The second-order valence-corrected chi connectivity index (χ2v) is 6.33. The Kier molecular flexibility index (Phi) is 4.96. The minimum Gasteiger partial charge on any atom is -0.389 e. The Morgan fingerprint density at radius 3 is 2.71 bits per heavy atom. The first-order valence-corrected chi connectivity index (χ1v) is 7.57. The zero-order valence-corrected chi connectivity index (χ0v) is 12.8. The SMILES string of the molecule is Cc1c(CNCC2(O)CCC(C)CC2)cccc1[N+](=O)[O-]. The molecule has 116 valence electrons. The van der Waals surface area contributed by atoms with Crippen LogP contribution in [0.5, 0.6) is 0 Å². The second kappa shape index (κ2) is 6.54. The van der Waals surface area contributed by atoms with Crippen LogP contribution in [0, 0.1) is 23.0 Å². The monoisotopic (exact) mass is 292 g/mol. The van der Waals surface area contributed by atoms with E-state index >= 15 is 0 Å². The Balaban J connectivity index is 1.92. The molecule has 5 heteroatoms. The smallest absolute Gasteiger partial charge is 0.272 e. The van der Waals surface area contributed by atoms with Crippen LogP contribution in [-0.4, -0.2) is 22.2 Å². The van der Waals surface area contributed by atoms with Gasteiger partial charge in [0, 0.05) is 24.7 Å². The van der Waals surface area contributed by atoms with Gasteiger partial charge in [-0.2, -0.15) is 0 Å². The van der Waals surface area contributed by atoms with Gasteiger partial charge in [0.15, 0.2) is 0 Å². The molecule has 1 aliphatic carbocycles. The Morgan fingerprint density at radius 2 is 2.10 bits per heavy atom. The lowest BCUT2D eigenvalue weighted by molar-refractivity contribution is -0.385. The van der Waals surface area contributed by atoms with Crippen molar-refractivity contribution in [3.05, 3.63) is 39.4 Å². The largest absolute Gasteiger partial charge is 0.389 e. The first-order chi connectivity index (χ1) is 9.91. The fourth-order valence-corrected chi connectivity index (χ4v) is 2.97. The predicted molar refractivity (Wildman–Crippen MR) is 82.1 cm³/mol. The molecule has 0 heterocycles. The molecule has 0 saturated heterocycles. The van der Waals surface area contributed by atoms with E-state index in [9.17, 15) is 15.2 Å². The number of rotatable bonds is 5. The van der Waals surface area contributed by atoms with Crippen LogP contribution >= 0.6 is 0 Å². The predicted octanol–water partition coefficient (Wildman–Crippen LogP) is 2.93. The van der Waals surface area contributed by atoms with Gasteiger partial charge in [0.1, 0.15) is 0 Å². The summed E-state index contributed by atoms with van der Waals surface area (Å²) in [6.07, 6.45) is 3.78. The lowest BCUT2D eigenvalue weighted by Crippen LogP contribution is -2.43. The third-order valence-electron chi connectivity index (χ3n) is 4.59. The molecule has 2 N–H and O–H groups in total. The minimum atomic E-state index is -0.624. The van der Waals surface area contributed by atoms with Gasteiger partial charge in [-0.3, -0.25) is 10.1 Å². The topological polar surface area (TPSA) is 75.4 Å². The molecule has 1 aromatic carbocycles. The van der Waals surface area contributed by atoms with E-state index in [2.05, 4.69) is 12.2 Å². The average molecular weight is 292 g/mol. The van der Waals surface area contributed by atoms with Crippen molar-refractivity contribution in [3.63, 3.8) is 0 Å². The molecule has 5 nitrogen and oxygen atoms in total. The standard InChI is InChI=1S/C16H24N2O3/c1-12-6-8-16(19,9-7-12)11-17-10-14-4-3-5-15(13(14)2)18(20)21/h3-5,12,17,19H,6-11H2,1-2H3. The third-order valence-corrected chi connectivity index (χ3v) is 4.59. The summed E-state index contributed by atoms with van der Waals surface area (Å²) in [7, 11) is 0. The Morgan fingerprint density at radius 1 is 1.43 bits per heavy atom. The fraction of sp³-hybridized carbons (Fsp3) is 0.625. The number of nitrogens with zero attached hydrogens (tertiary/aromatic N) is 1. The molecule has 0 radical (unpaired) electrons. The first kappa shape index (κ1) is 15.9. The summed E-state index contributed by atoms with van der Waals surface area (Å²) in [5, 5.41) is 24.7. The van der Waals surface area contributed by atoms with Gasteiger partial charge in [-0.05, 0) is 44.1 Å². The van der Waals surface area contributed by atoms with E-state index in [1.807, 2.05) is 6.07 Å². The molecule has 0 atom stereocenters. The molecule has 1 saturated carbocycles. The summed E-state index contributed by atoms with van der Waals surface area (Å²) in [5.41, 5.74) is 1.14. The minimum absolute atomic E-state index is 0.152. The maximum Gasteiger partial charge on any atom is 0.272 e. The highest BCUT2D eigenvalue weighted by Gasteiger charge is 2.31. The lowest BCUT2D eigenvalue weighted by atomic mass is 9.79. The number of aliphatic hydroxyl groups is 1. The Labute approximate surface area is 125 Å². The van der Waals surface area contributed by atoms with Gasteiger partial charge in [-0.1, -0.05) is 19.1 Å². The van der Waals surface area contributed by atoms with E-state index in [0.717, 1.165) is 31.2 Å². The fourth-order valence-electron chi connectivity index (χ4n) is 2.97. The van der Waals surface area contributed by atoms with Gasteiger partial charge in [-0.25, -0.2) is 0 Å². The molecule has 21 heavy (non-hydrogen) atoms. The Hall–Kier alpha value is -1.46. The van der Waals surface area contributed by atoms with Crippen LogP contribution in [0.25, 0.3) is 0 Å². The summed E-state index contributed by atoms with van der Waals surface area (Å²) in [5.74, 6) is 0.698. The van der Waals surface area contributed by atoms with Crippen molar-refractivity contribution in [3.8, 4) is 0 Å². The molecular weight excluding hydrogens is 268 g/mol. The highest BCUT2D eigenvalue weighted by atomic mass is 16.6. The van der Waals surface area contributed by atoms with Crippen molar-refractivity contribution in [2.75, 3.05) is 6.54 Å². The summed E-state index contributed by atoms with van der Waals surface area (Å²) in [6, 6.07) is 5.12. The van der Waals surface area contributed by atoms with E-state index < -0.39 is 5.60 Å². The van der Waals surface area contributed by atoms with E-state index in [1.165, 1.54) is 6.07 Å². The van der Waals surface area contributed by atoms with Crippen LogP contribution in [0.4, 0.5) is 5.69 Å². The van der Waals surface area contributed by atoms with Crippen LogP contribution in [0.2, 0.25) is 0 Å². The molecule has 2 rings (SSSR count). The lowest BCUT2D eigenvalue weighted by Gasteiger charge is -2.35. The number of nitrogens with one attached hydrogen (secondary N) is 1. The zero-order valence-electron chi connectivity index (χ0n) is 12.8. The molecule has 0 aromatic heterocycles. The quantitative estimate of drug-likeness (QED) is 0.646. The van der Waals surface area contributed by atoms with Crippen LogP contribution in [-0.2, 0) is 6.54 Å². The first-order valence-electron chi connectivity index (χ1n) is 7.57. The Bertz CT molecular complexity index is 508. The van der Waals surface area contributed by atoms with Crippen molar-refractivity contribution in [2.24, 2.45) is 5.92 Å². The molecule has 0 unspecified atom stereocenters. The number of hydrogen-bond acceptors (Lipinski definition) is 4. The van der Waals surface area contributed by atoms with Gasteiger partial charge in [0.05, 0.1) is 10.5 Å². The number of benzene rings is 1. The average Bonchev–Trinajstić information content (AvgIpc) is 2.44. The summed E-state index contributed by atoms with van der Waals surface area (Å²) in [6.45, 7) is 5.08. The summed E-state index contributed by atoms with van der Waals surface area (Å²) in [4.78, 5) is 10.6. The highest BCUT2D eigenvalue weighted by Crippen LogP contribution is 2.31. The molecule has 1 aliphatic rings. The van der Waals surface area contributed by atoms with E-state index in [4.69, 9.17) is 0 Å². The van der Waals surface area contributed by atoms with E-state index in [0.29, 0.717) is 24.6 Å². The van der Waals surface area contributed by atoms with Gasteiger partial charge < -0.3 is 10.4 Å². The molecule has 0 spiro atoms. The highest BCUT2D eigenvalue weighted by molar-refractivity contribution is 5.44. The molecule has 0 aliphatic heterocycles. The molecule has 1 aromatic rings. The molecule has 0 amide bonds. The van der Waals surface area contributed by atoms with Crippen LogP contribution in [0.15, 0.2) is 18.2 Å². The molecule has 1 fully saturated rings. The van der Waals surface area contributed by atoms with Crippen molar-refractivity contribution in [1.29, 1.82) is 0 Å².